The van der Waals surface area contributed by atoms with E-state index in [2.05, 4.69) is 38.1 Å². The van der Waals surface area contributed by atoms with Crippen molar-refractivity contribution in [3.63, 3.8) is 0 Å². The van der Waals surface area contributed by atoms with Crippen LogP contribution in [0.4, 0.5) is 0 Å². The van der Waals surface area contributed by atoms with E-state index in [0.29, 0.717) is 0 Å². The molecule has 17 heavy (non-hydrogen) atoms. The highest BCUT2D eigenvalue weighted by Gasteiger charge is 2.30. The Morgan fingerprint density at radius 3 is 2.71 bits per heavy atom. The molecule has 1 aromatic carbocycles. The predicted molar refractivity (Wildman–Crippen MR) is 71.2 cm³/mol. The third kappa shape index (κ3) is 2.21. The number of rotatable bonds is 5. The standard InChI is InChI=1S/C15H21NO/c1-4-6-11-15(3,5-2)14-12-9-7-8-10-13(12)16-17-14/h7-10H,4-6,11H2,1-3H3. The van der Waals surface area contributed by atoms with Gasteiger partial charge in [-0.05, 0) is 25.0 Å². The molecule has 92 valence electrons. The van der Waals surface area contributed by atoms with Gasteiger partial charge in [0.2, 0.25) is 0 Å². The molecule has 0 bridgehead atoms. The van der Waals surface area contributed by atoms with Gasteiger partial charge in [0.25, 0.3) is 0 Å². The Hall–Kier alpha value is -1.31. The van der Waals surface area contributed by atoms with E-state index >= 15 is 0 Å². The van der Waals surface area contributed by atoms with E-state index in [1.54, 1.807) is 0 Å². The first-order chi connectivity index (χ1) is 8.21. The van der Waals surface area contributed by atoms with Crippen LogP contribution in [0.15, 0.2) is 28.8 Å². The van der Waals surface area contributed by atoms with Crippen LogP contribution in [0.5, 0.6) is 0 Å². The van der Waals surface area contributed by atoms with Crippen molar-refractivity contribution in [3.8, 4) is 0 Å². The van der Waals surface area contributed by atoms with Crippen LogP contribution in [0, 0.1) is 0 Å². The van der Waals surface area contributed by atoms with E-state index in [9.17, 15) is 0 Å². The molecule has 0 N–H and O–H groups in total. The van der Waals surface area contributed by atoms with Crippen LogP contribution in [0.1, 0.15) is 52.2 Å². The number of hydrogen-bond acceptors (Lipinski definition) is 2. The molecule has 1 aromatic heterocycles. The Balaban J connectivity index is 2.42. The summed E-state index contributed by atoms with van der Waals surface area (Å²) in [6.07, 6.45) is 4.71. The zero-order valence-corrected chi connectivity index (χ0v) is 11.0. The Kier molecular flexibility index (Phi) is 3.51. The fourth-order valence-electron chi connectivity index (χ4n) is 2.34. The molecule has 2 aromatic rings. The molecule has 0 spiro atoms. The predicted octanol–water partition coefficient (Wildman–Crippen LogP) is 4.69. The van der Waals surface area contributed by atoms with Gasteiger partial charge in [-0.2, -0.15) is 0 Å². The number of hydrogen-bond donors (Lipinski definition) is 0. The molecule has 0 aliphatic heterocycles. The molecule has 1 atom stereocenters. The Morgan fingerprint density at radius 2 is 2.00 bits per heavy atom. The second kappa shape index (κ2) is 4.91. The van der Waals surface area contributed by atoms with Crippen molar-refractivity contribution in [2.45, 2.75) is 51.9 Å². The van der Waals surface area contributed by atoms with Crippen molar-refractivity contribution < 1.29 is 4.52 Å². The highest BCUT2D eigenvalue weighted by Crippen LogP contribution is 2.37. The minimum Gasteiger partial charge on any atom is -0.360 e. The first kappa shape index (κ1) is 12.2. The molecule has 2 heteroatoms. The minimum atomic E-state index is 0.117. The second-order valence-corrected chi connectivity index (χ2v) is 5.05. The van der Waals surface area contributed by atoms with Crippen LogP contribution < -0.4 is 0 Å². The first-order valence-corrected chi connectivity index (χ1v) is 6.56. The molecule has 0 saturated carbocycles. The maximum absolute atomic E-state index is 5.62. The van der Waals surface area contributed by atoms with Gasteiger partial charge in [-0.3, -0.25) is 0 Å². The fourth-order valence-corrected chi connectivity index (χ4v) is 2.34. The van der Waals surface area contributed by atoms with Crippen molar-refractivity contribution in [2.75, 3.05) is 0 Å². The highest BCUT2D eigenvalue weighted by molar-refractivity contribution is 5.81. The molecule has 1 heterocycles. The fraction of sp³-hybridized carbons (Fsp3) is 0.533. The van der Waals surface area contributed by atoms with E-state index in [1.807, 2.05) is 12.1 Å². The quantitative estimate of drug-likeness (QED) is 0.746. The van der Waals surface area contributed by atoms with Gasteiger partial charge in [0.1, 0.15) is 11.3 Å². The normalized spacial score (nSPS) is 15.0. The third-order valence-electron chi connectivity index (χ3n) is 3.79. The van der Waals surface area contributed by atoms with Crippen molar-refractivity contribution in [1.82, 2.24) is 5.16 Å². The summed E-state index contributed by atoms with van der Waals surface area (Å²) in [6.45, 7) is 6.75. The highest BCUT2D eigenvalue weighted by atomic mass is 16.5. The van der Waals surface area contributed by atoms with Gasteiger partial charge in [0.05, 0.1) is 0 Å². The maximum atomic E-state index is 5.62. The molecule has 2 rings (SSSR count). The summed E-state index contributed by atoms with van der Waals surface area (Å²) >= 11 is 0. The van der Waals surface area contributed by atoms with Crippen LogP contribution >= 0.6 is 0 Å². The zero-order valence-electron chi connectivity index (χ0n) is 11.0. The van der Waals surface area contributed by atoms with E-state index in [1.165, 1.54) is 24.6 Å². The SMILES string of the molecule is CCCCC(C)(CC)c1onc2ccccc12. The molecule has 0 aliphatic rings. The number of fused-ring (bicyclic) bond motifs is 1. The zero-order chi connectivity index (χ0) is 12.3. The summed E-state index contributed by atoms with van der Waals surface area (Å²) in [5.74, 6) is 1.06. The molecular formula is C15H21NO. The van der Waals surface area contributed by atoms with E-state index < -0.39 is 0 Å². The van der Waals surface area contributed by atoms with Crippen LogP contribution in [-0.2, 0) is 5.41 Å². The molecule has 2 nitrogen and oxygen atoms in total. The molecule has 0 radical (unpaired) electrons. The maximum Gasteiger partial charge on any atom is 0.150 e. The van der Waals surface area contributed by atoms with Crippen LogP contribution in [0.25, 0.3) is 10.9 Å². The molecule has 0 saturated heterocycles. The van der Waals surface area contributed by atoms with Crippen LogP contribution in [0.2, 0.25) is 0 Å². The first-order valence-electron chi connectivity index (χ1n) is 6.56. The summed E-state index contributed by atoms with van der Waals surface area (Å²) in [4.78, 5) is 0. The molecule has 0 aliphatic carbocycles. The number of unbranched alkanes of at least 4 members (excludes halogenated alkanes) is 1. The lowest BCUT2D eigenvalue weighted by Gasteiger charge is -2.25. The Bertz CT molecular complexity index is 488. The number of nitrogens with zero attached hydrogens (tertiary/aromatic N) is 1. The van der Waals surface area contributed by atoms with E-state index in [0.717, 1.165) is 17.7 Å². The lowest BCUT2D eigenvalue weighted by atomic mass is 9.79. The van der Waals surface area contributed by atoms with E-state index in [-0.39, 0.29) is 5.41 Å². The van der Waals surface area contributed by atoms with Gasteiger partial charge in [0, 0.05) is 10.8 Å². The Labute approximate surface area is 103 Å². The van der Waals surface area contributed by atoms with Crippen molar-refractivity contribution in [2.24, 2.45) is 0 Å². The van der Waals surface area contributed by atoms with Gasteiger partial charge in [-0.25, -0.2) is 0 Å². The van der Waals surface area contributed by atoms with Gasteiger partial charge in [-0.1, -0.05) is 50.9 Å². The summed E-state index contributed by atoms with van der Waals surface area (Å²) < 4.78 is 5.62. The van der Waals surface area contributed by atoms with Gasteiger partial charge < -0.3 is 4.52 Å². The average molecular weight is 231 g/mol. The summed E-state index contributed by atoms with van der Waals surface area (Å²) in [6, 6.07) is 8.18. The Morgan fingerprint density at radius 1 is 1.24 bits per heavy atom. The summed E-state index contributed by atoms with van der Waals surface area (Å²) in [5, 5.41) is 5.34. The van der Waals surface area contributed by atoms with Gasteiger partial charge >= 0.3 is 0 Å². The van der Waals surface area contributed by atoms with Crippen molar-refractivity contribution in [1.29, 1.82) is 0 Å². The van der Waals surface area contributed by atoms with E-state index in [4.69, 9.17) is 4.52 Å². The van der Waals surface area contributed by atoms with Crippen molar-refractivity contribution in [3.05, 3.63) is 30.0 Å². The van der Waals surface area contributed by atoms with Crippen LogP contribution in [-0.4, -0.2) is 5.16 Å². The van der Waals surface area contributed by atoms with Gasteiger partial charge in [-0.15, -0.1) is 0 Å². The largest absolute Gasteiger partial charge is 0.360 e. The second-order valence-electron chi connectivity index (χ2n) is 5.05. The number of aromatic nitrogens is 1. The average Bonchev–Trinajstić information content (AvgIpc) is 2.80. The molecule has 0 fully saturated rings. The molecule has 1 unspecified atom stereocenters. The third-order valence-corrected chi connectivity index (χ3v) is 3.79. The van der Waals surface area contributed by atoms with Crippen LogP contribution in [0.3, 0.4) is 0 Å². The summed E-state index contributed by atoms with van der Waals surface area (Å²) in [7, 11) is 0. The monoisotopic (exact) mass is 231 g/mol. The molecular weight excluding hydrogens is 210 g/mol. The topological polar surface area (TPSA) is 26.0 Å². The number of benzene rings is 1. The van der Waals surface area contributed by atoms with Gasteiger partial charge in [0.15, 0.2) is 0 Å². The smallest absolute Gasteiger partial charge is 0.150 e. The van der Waals surface area contributed by atoms with Crippen molar-refractivity contribution >= 4 is 10.9 Å². The lowest BCUT2D eigenvalue weighted by molar-refractivity contribution is 0.282. The lowest BCUT2D eigenvalue weighted by Crippen LogP contribution is -2.20. The minimum absolute atomic E-state index is 0.117. The summed E-state index contributed by atoms with van der Waals surface area (Å²) in [5.41, 5.74) is 1.09. The molecule has 0 amide bonds.